The van der Waals surface area contributed by atoms with Gasteiger partial charge in [0.15, 0.2) is 0 Å². The van der Waals surface area contributed by atoms with Gasteiger partial charge in [-0.05, 0) is 12.5 Å². The Hall–Kier alpha value is -3.16. The van der Waals surface area contributed by atoms with Gasteiger partial charge in [0.25, 0.3) is 5.91 Å². The standard InChI is InChI=1S/C17H19N5O3/c1-21-13-6-3-2-5-12(13)14(17(21)25)20-16(24)15(23)19-7-4-9-22-10-8-18-11-22/h2-3,5-6,8,10-11,14H,4,7,9H2,1H3,(H,19,23)(H,20,24)/t14-/m1/s1. The minimum absolute atomic E-state index is 0.262. The van der Waals surface area contributed by atoms with Crippen LogP contribution in [0.2, 0.25) is 0 Å². The van der Waals surface area contributed by atoms with Gasteiger partial charge in [0.1, 0.15) is 6.04 Å². The van der Waals surface area contributed by atoms with E-state index in [9.17, 15) is 14.4 Å². The largest absolute Gasteiger partial charge is 0.348 e. The smallest absolute Gasteiger partial charge is 0.310 e. The van der Waals surface area contributed by atoms with E-state index < -0.39 is 17.9 Å². The summed E-state index contributed by atoms with van der Waals surface area (Å²) in [6.07, 6.45) is 5.87. The summed E-state index contributed by atoms with van der Waals surface area (Å²) in [5, 5.41) is 5.07. The maximum absolute atomic E-state index is 12.3. The lowest BCUT2D eigenvalue weighted by Crippen LogP contribution is -2.44. The van der Waals surface area contributed by atoms with Crippen molar-refractivity contribution in [1.82, 2.24) is 20.2 Å². The normalized spacial score (nSPS) is 15.8. The Bertz CT molecular complexity index is 787. The van der Waals surface area contributed by atoms with Gasteiger partial charge in [0, 0.05) is 43.8 Å². The molecule has 3 amide bonds. The molecule has 1 aromatic carbocycles. The minimum atomic E-state index is -0.828. The fraction of sp³-hybridized carbons (Fsp3) is 0.294. The predicted molar refractivity (Wildman–Crippen MR) is 90.6 cm³/mol. The zero-order valence-corrected chi connectivity index (χ0v) is 13.8. The Kier molecular flexibility index (Phi) is 4.78. The van der Waals surface area contributed by atoms with Gasteiger partial charge in [-0.3, -0.25) is 14.4 Å². The fourth-order valence-electron chi connectivity index (χ4n) is 2.78. The van der Waals surface area contributed by atoms with E-state index in [-0.39, 0.29) is 5.91 Å². The van der Waals surface area contributed by atoms with E-state index in [1.165, 1.54) is 4.90 Å². The molecule has 2 aromatic rings. The molecule has 8 heteroatoms. The summed E-state index contributed by atoms with van der Waals surface area (Å²) in [5.41, 5.74) is 1.43. The number of carbonyl (C=O) groups is 3. The van der Waals surface area contributed by atoms with Crippen LogP contribution in [-0.4, -0.2) is 40.9 Å². The molecule has 130 valence electrons. The summed E-state index contributed by atoms with van der Waals surface area (Å²) >= 11 is 0. The van der Waals surface area contributed by atoms with Crippen molar-refractivity contribution in [2.45, 2.75) is 19.0 Å². The second-order valence-electron chi connectivity index (χ2n) is 5.77. The topological polar surface area (TPSA) is 96.3 Å². The molecule has 25 heavy (non-hydrogen) atoms. The van der Waals surface area contributed by atoms with Gasteiger partial charge in [0.2, 0.25) is 0 Å². The number of hydrogen-bond donors (Lipinski definition) is 2. The molecule has 1 aliphatic rings. The van der Waals surface area contributed by atoms with E-state index in [1.54, 1.807) is 37.8 Å². The first-order valence-electron chi connectivity index (χ1n) is 7.99. The molecule has 8 nitrogen and oxygen atoms in total. The lowest BCUT2D eigenvalue weighted by molar-refractivity contribution is -0.140. The van der Waals surface area contributed by atoms with Crippen LogP contribution in [0.5, 0.6) is 0 Å². The number of para-hydroxylation sites is 1. The average molecular weight is 341 g/mol. The number of aryl methyl sites for hydroxylation is 1. The van der Waals surface area contributed by atoms with Crippen LogP contribution in [0.3, 0.4) is 0 Å². The Morgan fingerprint density at radius 2 is 2.04 bits per heavy atom. The molecular formula is C17H19N5O3. The van der Waals surface area contributed by atoms with E-state index in [1.807, 2.05) is 16.8 Å². The second kappa shape index (κ2) is 7.16. The van der Waals surface area contributed by atoms with E-state index in [2.05, 4.69) is 15.6 Å². The first kappa shape index (κ1) is 16.7. The Morgan fingerprint density at radius 3 is 2.80 bits per heavy atom. The molecule has 2 heterocycles. The van der Waals surface area contributed by atoms with Gasteiger partial charge in [-0.15, -0.1) is 0 Å². The highest BCUT2D eigenvalue weighted by Crippen LogP contribution is 2.34. The quantitative estimate of drug-likeness (QED) is 0.601. The number of anilines is 1. The number of nitrogens with one attached hydrogen (secondary N) is 2. The Morgan fingerprint density at radius 1 is 1.24 bits per heavy atom. The number of amides is 3. The molecule has 1 atom stereocenters. The van der Waals surface area contributed by atoms with Crippen molar-refractivity contribution in [3.63, 3.8) is 0 Å². The highest BCUT2D eigenvalue weighted by molar-refractivity contribution is 6.35. The van der Waals surface area contributed by atoms with E-state index >= 15 is 0 Å². The number of likely N-dealkylation sites (N-methyl/N-ethyl adjacent to an activating group) is 1. The van der Waals surface area contributed by atoms with Crippen molar-refractivity contribution >= 4 is 23.4 Å². The molecule has 0 fully saturated rings. The monoisotopic (exact) mass is 341 g/mol. The number of fused-ring (bicyclic) bond motifs is 1. The van der Waals surface area contributed by atoms with Crippen molar-refractivity contribution in [2.75, 3.05) is 18.5 Å². The number of carbonyl (C=O) groups excluding carboxylic acids is 3. The van der Waals surface area contributed by atoms with Crippen molar-refractivity contribution in [1.29, 1.82) is 0 Å². The third-order valence-electron chi connectivity index (χ3n) is 4.11. The van der Waals surface area contributed by atoms with Crippen LogP contribution in [-0.2, 0) is 20.9 Å². The summed E-state index contributed by atoms with van der Waals surface area (Å²) in [5.74, 6) is -1.82. The van der Waals surface area contributed by atoms with Crippen LogP contribution in [0.1, 0.15) is 18.0 Å². The van der Waals surface area contributed by atoms with E-state index in [0.29, 0.717) is 25.1 Å². The summed E-state index contributed by atoms with van der Waals surface area (Å²) in [6, 6.07) is 6.35. The predicted octanol–water partition coefficient (Wildman–Crippen LogP) is 0.223. The van der Waals surface area contributed by atoms with Crippen LogP contribution in [0.15, 0.2) is 43.0 Å². The number of nitrogens with zero attached hydrogens (tertiary/aromatic N) is 3. The molecule has 0 bridgehead atoms. The number of benzene rings is 1. The molecule has 1 aliphatic heterocycles. The third kappa shape index (κ3) is 3.52. The van der Waals surface area contributed by atoms with Gasteiger partial charge >= 0.3 is 11.8 Å². The number of aromatic nitrogens is 2. The second-order valence-corrected chi connectivity index (χ2v) is 5.77. The Balaban J connectivity index is 1.51. The highest BCUT2D eigenvalue weighted by atomic mass is 16.2. The average Bonchev–Trinajstić information content (AvgIpc) is 3.22. The SMILES string of the molecule is CN1C(=O)[C@H](NC(=O)C(=O)NCCCn2ccnc2)c2ccccc21. The Labute approximate surface area is 144 Å². The van der Waals surface area contributed by atoms with Crippen molar-refractivity contribution in [3.05, 3.63) is 48.5 Å². The highest BCUT2D eigenvalue weighted by Gasteiger charge is 2.36. The van der Waals surface area contributed by atoms with Gasteiger partial charge in [-0.1, -0.05) is 18.2 Å². The van der Waals surface area contributed by atoms with Crippen LogP contribution in [0.25, 0.3) is 0 Å². The number of hydrogen-bond acceptors (Lipinski definition) is 4. The molecular weight excluding hydrogens is 322 g/mol. The van der Waals surface area contributed by atoms with Crippen molar-refractivity contribution < 1.29 is 14.4 Å². The first-order valence-corrected chi connectivity index (χ1v) is 7.99. The van der Waals surface area contributed by atoms with Crippen LogP contribution >= 0.6 is 0 Å². The van der Waals surface area contributed by atoms with Gasteiger partial charge in [-0.2, -0.15) is 0 Å². The molecule has 0 saturated carbocycles. The van der Waals surface area contributed by atoms with Gasteiger partial charge in [0.05, 0.1) is 6.33 Å². The maximum Gasteiger partial charge on any atom is 0.310 e. The number of imidazole rings is 1. The summed E-state index contributed by atoms with van der Waals surface area (Å²) in [4.78, 5) is 41.7. The van der Waals surface area contributed by atoms with E-state index in [0.717, 1.165) is 5.69 Å². The summed E-state index contributed by atoms with van der Waals surface area (Å²) in [7, 11) is 1.64. The molecule has 3 rings (SSSR count). The van der Waals surface area contributed by atoms with E-state index in [4.69, 9.17) is 0 Å². The number of rotatable bonds is 5. The molecule has 0 radical (unpaired) electrons. The third-order valence-corrected chi connectivity index (χ3v) is 4.11. The summed E-state index contributed by atoms with van der Waals surface area (Å²) < 4.78 is 1.89. The van der Waals surface area contributed by atoms with Crippen molar-refractivity contribution in [2.24, 2.45) is 0 Å². The molecule has 0 unspecified atom stereocenters. The maximum atomic E-state index is 12.3. The molecule has 0 aliphatic carbocycles. The molecule has 0 saturated heterocycles. The van der Waals surface area contributed by atoms with Crippen molar-refractivity contribution in [3.8, 4) is 0 Å². The summed E-state index contributed by atoms with van der Waals surface area (Å²) in [6.45, 7) is 1.06. The molecule has 2 N–H and O–H groups in total. The zero-order valence-electron chi connectivity index (χ0n) is 13.8. The fourth-order valence-corrected chi connectivity index (χ4v) is 2.78. The minimum Gasteiger partial charge on any atom is -0.348 e. The zero-order chi connectivity index (χ0) is 17.8. The lowest BCUT2D eigenvalue weighted by Gasteiger charge is -2.13. The molecule has 1 aromatic heterocycles. The van der Waals surface area contributed by atoms with Gasteiger partial charge < -0.3 is 20.1 Å². The van der Waals surface area contributed by atoms with Crippen LogP contribution < -0.4 is 15.5 Å². The van der Waals surface area contributed by atoms with Gasteiger partial charge in [-0.25, -0.2) is 4.98 Å². The molecule has 0 spiro atoms. The van der Waals surface area contributed by atoms with Crippen LogP contribution in [0.4, 0.5) is 5.69 Å². The first-order chi connectivity index (χ1) is 12.1. The lowest BCUT2D eigenvalue weighted by atomic mass is 10.1. The van der Waals surface area contributed by atoms with Crippen LogP contribution in [0, 0.1) is 0 Å².